The number of thiophene rings is 1. The molecule has 7 rings (SSSR count). The molecule has 280 valence electrons. The van der Waals surface area contributed by atoms with E-state index in [1.54, 1.807) is 34.4 Å². The number of aromatic hydroxyl groups is 1. The SMILES string of the molecule is O=C1CCC(N2Cc3cc(NCCCOCCCOCCOc4ccc(Oc5c(-c6ccc(Br)cc6)sc6cc(O)ccc56)cc4)ccc3C2=O)C(=O)N1. The number of imide groups is 1. The van der Waals surface area contributed by atoms with Gasteiger partial charge in [0.1, 0.15) is 29.9 Å². The van der Waals surface area contributed by atoms with Crippen LogP contribution in [0.15, 0.2) is 89.4 Å². The van der Waals surface area contributed by atoms with Gasteiger partial charge in [0.15, 0.2) is 5.75 Å². The van der Waals surface area contributed by atoms with Gasteiger partial charge < -0.3 is 34.3 Å². The van der Waals surface area contributed by atoms with Gasteiger partial charge in [-0.15, -0.1) is 11.3 Å². The Kier molecular flexibility index (Phi) is 12.1. The lowest BCUT2D eigenvalue weighted by molar-refractivity contribution is -0.136. The summed E-state index contributed by atoms with van der Waals surface area (Å²) >= 11 is 5.08. The highest BCUT2D eigenvalue weighted by molar-refractivity contribution is 9.10. The summed E-state index contributed by atoms with van der Waals surface area (Å²) in [4.78, 5) is 39.2. The molecule has 0 aliphatic carbocycles. The Morgan fingerprint density at radius 2 is 1.61 bits per heavy atom. The second kappa shape index (κ2) is 17.5. The third kappa shape index (κ3) is 9.04. The molecule has 3 N–H and O–H groups in total. The van der Waals surface area contributed by atoms with Gasteiger partial charge in [0, 0.05) is 65.1 Å². The Morgan fingerprint density at radius 1 is 0.852 bits per heavy atom. The third-order valence-corrected chi connectivity index (χ3v) is 10.9. The molecule has 2 aliphatic rings. The van der Waals surface area contributed by atoms with E-state index in [1.807, 2.05) is 66.7 Å². The number of anilines is 1. The van der Waals surface area contributed by atoms with Crippen molar-refractivity contribution in [3.63, 3.8) is 0 Å². The largest absolute Gasteiger partial charge is 0.508 e. The van der Waals surface area contributed by atoms with Crippen LogP contribution in [-0.4, -0.2) is 73.3 Å². The standard InChI is InChI=1S/C41H40BrN3O8S/c42-28-5-3-26(4-6-28)39-38(34-14-8-30(46)24-36(34)54-39)53-32-11-9-31(10-12-32)52-22-21-51-20-2-19-50-18-1-17-43-29-7-13-33-27(23-29)25-45(41(33)49)35-15-16-37(47)44-40(35)48/h3-14,23-24,35,43,46H,1-2,15-22,25H2,(H,44,47,48). The molecular formula is C41H40BrN3O8S. The molecule has 2 aliphatic heterocycles. The van der Waals surface area contributed by atoms with E-state index >= 15 is 0 Å². The number of amides is 3. The average molecular weight is 815 g/mol. The van der Waals surface area contributed by atoms with E-state index in [1.165, 1.54) is 0 Å². The Bertz CT molecular complexity index is 2120. The van der Waals surface area contributed by atoms with Gasteiger partial charge in [0.2, 0.25) is 11.8 Å². The zero-order valence-corrected chi connectivity index (χ0v) is 31.9. The fourth-order valence-electron chi connectivity index (χ4n) is 6.45. The van der Waals surface area contributed by atoms with Crippen molar-refractivity contribution in [1.29, 1.82) is 0 Å². The number of hydrogen-bond donors (Lipinski definition) is 3. The number of hydrogen-bond acceptors (Lipinski definition) is 10. The molecule has 0 saturated carbocycles. The van der Waals surface area contributed by atoms with Crippen LogP contribution in [-0.2, 0) is 25.6 Å². The van der Waals surface area contributed by atoms with E-state index in [0.29, 0.717) is 63.9 Å². The number of piperidine rings is 1. The topological polar surface area (TPSA) is 136 Å². The summed E-state index contributed by atoms with van der Waals surface area (Å²) in [5.74, 6) is 1.50. The van der Waals surface area contributed by atoms with E-state index in [9.17, 15) is 19.5 Å². The van der Waals surface area contributed by atoms with Crippen LogP contribution in [0.25, 0.3) is 20.5 Å². The molecule has 3 amide bonds. The van der Waals surface area contributed by atoms with Gasteiger partial charge in [-0.25, -0.2) is 0 Å². The monoisotopic (exact) mass is 813 g/mol. The van der Waals surface area contributed by atoms with E-state index in [0.717, 1.165) is 60.6 Å². The molecule has 5 aromatic rings. The number of nitrogens with one attached hydrogen (secondary N) is 2. The average Bonchev–Trinajstić information content (AvgIpc) is 3.68. The van der Waals surface area contributed by atoms with Gasteiger partial charge in [-0.2, -0.15) is 0 Å². The number of halogens is 1. The summed E-state index contributed by atoms with van der Waals surface area (Å²) < 4.78 is 25.7. The molecule has 0 spiro atoms. The van der Waals surface area contributed by atoms with Crippen LogP contribution in [0.5, 0.6) is 23.0 Å². The number of carbonyl (C=O) groups excluding carboxylic acids is 3. The van der Waals surface area contributed by atoms with Crippen molar-refractivity contribution < 1.29 is 38.4 Å². The summed E-state index contributed by atoms with van der Waals surface area (Å²) in [5.41, 5.74) is 3.41. The van der Waals surface area contributed by atoms with Gasteiger partial charge in [-0.1, -0.05) is 28.1 Å². The number of ether oxygens (including phenoxy) is 4. The van der Waals surface area contributed by atoms with E-state index in [4.69, 9.17) is 18.9 Å². The first kappa shape index (κ1) is 37.4. The Morgan fingerprint density at radius 3 is 2.41 bits per heavy atom. The molecule has 0 radical (unpaired) electrons. The van der Waals surface area contributed by atoms with Crippen molar-refractivity contribution >= 4 is 60.8 Å². The lowest BCUT2D eigenvalue weighted by Gasteiger charge is -2.29. The van der Waals surface area contributed by atoms with E-state index in [2.05, 4.69) is 26.6 Å². The number of fused-ring (bicyclic) bond motifs is 2. The minimum atomic E-state index is -0.614. The predicted octanol–water partition coefficient (Wildman–Crippen LogP) is 7.89. The van der Waals surface area contributed by atoms with Crippen molar-refractivity contribution in [2.45, 2.75) is 38.3 Å². The number of rotatable bonds is 17. The van der Waals surface area contributed by atoms with Gasteiger partial charge in [-0.05, 0) is 103 Å². The molecule has 1 unspecified atom stereocenters. The van der Waals surface area contributed by atoms with Crippen molar-refractivity contribution in [3.05, 3.63) is 101 Å². The van der Waals surface area contributed by atoms with Crippen molar-refractivity contribution in [3.8, 4) is 33.4 Å². The summed E-state index contributed by atoms with van der Waals surface area (Å²) in [6.07, 6.45) is 2.18. The normalized spacial score (nSPS) is 15.4. The maximum atomic E-state index is 12.9. The highest BCUT2D eigenvalue weighted by atomic mass is 79.9. The predicted molar refractivity (Wildman–Crippen MR) is 210 cm³/mol. The zero-order valence-electron chi connectivity index (χ0n) is 29.5. The fraction of sp³-hybridized carbons (Fsp3) is 0.293. The lowest BCUT2D eigenvalue weighted by Crippen LogP contribution is -2.52. The van der Waals surface area contributed by atoms with E-state index in [-0.39, 0.29) is 24.0 Å². The molecule has 11 nitrogen and oxygen atoms in total. The first-order chi connectivity index (χ1) is 26.3. The van der Waals surface area contributed by atoms with Crippen molar-refractivity contribution in [2.75, 3.05) is 44.9 Å². The highest BCUT2D eigenvalue weighted by Crippen LogP contribution is 2.47. The van der Waals surface area contributed by atoms with Gasteiger partial charge in [0.25, 0.3) is 5.91 Å². The highest BCUT2D eigenvalue weighted by Gasteiger charge is 2.39. The Balaban J connectivity index is 0.759. The first-order valence-corrected chi connectivity index (χ1v) is 19.5. The minimum absolute atomic E-state index is 0.174. The van der Waals surface area contributed by atoms with Crippen molar-refractivity contribution in [1.82, 2.24) is 10.2 Å². The molecule has 13 heteroatoms. The minimum Gasteiger partial charge on any atom is -0.508 e. The number of carbonyl (C=O) groups is 3. The quantitative estimate of drug-likeness (QED) is 0.0633. The molecule has 0 bridgehead atoms. The Hall–Kier alpha value is -4.95. The summed E-state index contributed by atoms with van der Waals surface area (Å²) in [6, 6.07) is 25.9. The van der Waals surface area contributed by atoms with Crippen LogP contribution < -0.4 is 20.1 Å². The van der Waals surface area contributed by atoms with Crippen LogP contribution in [0.3, 0.4) is 0 Å². The molecule has 1 atom stereocenters. The molecular weight excluding hydrogens is 774 g/mol. The number of nitrogens with zero attached hydrogens (tertiary/aromatic N) is 1. The maximum Gasteiger partial charge on any atom is 0.255 e. The lowest BCUT2D eigenvalue weighted by atomic mass is 10.0. The number of phenolic OH excluding ortho intramolecular Hbond substituents is 1. The molecule has 54 heavy (non-hydrogen) atoms. The first-order valence-electron chi connectivity index (χ1n) is 17.9. The summed E-state index contributed by atoms with van der Waals surface area (Å²) in [5, 5.41) is 16.7. The second-order valence-corrected chi connectivity index (χ2v) is 15.0. The molecule has 3 heterocycles. The molecule has 1 saturated heterocycles. The van der Waals surface area contributed by atoms with Crippen LogP contribution in [0.2, 0.25) is 0 Å². The summed E-state index contributed by atoms with van der Waals surface area (Å²) in [7, 11) is 0. The smallest absolute Gasteiger partial charge is 0.255 e. The third-order valence-electron chi connectivity index (χ3n) is 9.17. The van der Waals surface area contributed by atoms with Gasteiger partial charge >= 0.3 is 0 Å². The van der Waals surface area contributed by atoms with Gasteiger partial charge in [-0.3, -0.25) is 19.7 Å². The number of benzene rings is 4. The van der Waals surface area contributed by atoms with Crippen LogP contribution in [0, 0.1) is 0 Å². The van der Waals surface area contributed by atoms with Crippen LogP contribution in [0.4, 0.5) is 5.69 Å². The zero-order chi connectivity index (χ0) is 37.4. The maximum absolute atomic E-state index is 12.9. The molecule has 4 aromatic carbocycles. The van der Waals surface area contributed by atoms with Crippen LogP contribution in [0.1, 0.15) is 41.6 Å². The second-order valence-electron chi connectivity index (χ2n) is 13.0. The van der Waals surface area contributed by atoms with Crippen molar-refractivity contribution in [2.24, 2.45) is 0 Å². The molecule has 1 aromatic heterocycles. The van der Waals surface area contributed by atoms with E-state index < -0.39 is 11.9 Å². The fourth-order valence-corrected chi connectivity index (χ4v) is 7.89. The summed E-state index contributed by atoms with van der Waals surface area (Å²) in [6.45, 7) is 3.74. The number of phenols is 1. The van der Waals surface area contributed by atoms with Gasteiger partial charge in [0.05, 0.1) is 11.5 Å². The molecule has 1 fully saturated rings. The van der Waals surface area contributed by atoms with Crippen LogP contribution >= 0.6 is 27.3 Å². The Labute approximate surface area is 325 Å².